The van der Waals surface area contributed by atoms with Crippen LogP contribution in [0.4, 0.5) is 0 Å². The maximum Gasteiger partial charge on any atom is 0.0596 e. The molecule has 0 amide bonds. The van der Waals surface area contributed by atoms with Gasteiger partial charge in [-0.2, -0.15) is 5.10 Å². The second kappa shape index (κ2) is 4.79. The van der Waals surface area contributed by atoms with Crippen molar-refractivity contribution in [1.29, 1.82) is 0 Å². The molecular weight excluding hydrogens is 254 g/mol. The molecule has 0 bridgehead atoms. The van der Waals surface area contributed by atoms with E-state index in [0.29, 0.717) is 0 Å². The van der Waals surface area contributed by atoms with Crippen LogP contribution in [-0.4, -0.2) is 9.78 Å². The van der Waals surface area contributed by atoms with Crippen LogP contribution in [0.15, 0.2) is 36.4 Å². The summed E-state index contributed by atoms with van der Waals surface area (Å²) < 4.78 is 3.22. The lowest BCUT2D eigenvalue weighted by Crippen LogP contribution is -2.14. The van der Waals surface area contributed by atoms with Crippen LogP contribution in [0.2, 0.25) is 0 Å². The Morgan fingerprint density at radius 2 is 2.11 bits per heavy atom. The summed E-state index contributed by atoms with van der Waals surface area (Å²) in [6.45, 7) is 2.01. The number of nitrogens with zero attached hydrogens (tertiary/aromatic N) is 2. The molecule has 0 fully saturated rings. The number of nitrogens with two attached hydrogens (primary N) is 1. The average Bonchev–Trinajstić information content (AvgIpc) is 2.93. The molecule has 1 unspecified atom stereocenters. The third kappa shape index (κ3) is 2.41. The zero-order valence-electron chi connectivity index (χ0n) is 11.1. The minimum Gasteiger partial charge on any atom is -0.323 e. The number of benzene rings is 1. The van der Waals surface area contributed by atoms with Crippen molar-refractivity contribution >= 4 is 21.4 Å². The summed E-state index contributed by atoms with van der Waals surface area (Å²) in [6, 6.07) is 12.8. The molecule has 0 radical (unpaired) electrons. The van der Waals surface area contributed by atoms with Gasteiger partial charge in [0.15, 0.2) is 0 Å². The standard InChI is InChI=1S/C15H17N3S/c1-10-7-12(18(2)17-10)9-13(16)15-8-11-5-3-4-6-14(11)19-15/h3-8,13H,9,16H2,1-2H3. The lowest BCUT2D eigenvalue weighted by molar-refractivity contribution is 0.646. The minimum absolute atomic E-state index is 0.0344. The van der Waals surface area contributed by atoms with Crippen LogP contribution in [0, 0.1) is 6.92 Å². The van der Waals surface area contributed by atoms with E-state index in [1.54, 1.807) is 11.3 Å². The average molecular weight is 271 g/mol. The van der Waals surface area contributed by atoms with Crippen LogP contribution >= 0.6 is 11.3 Å². The summed E-state index contributed by atoms with van der Waals surface area (Å²) in [5.41, 5.74) is 8.56. The van der Waals surface area contributed by atoms with Crippen LogP contribution in [-0.2, 0) is 13.5 Å². The van der Waals surface area contributed by atoms with Gasteiger partial charge in [-0.15, -0.1) is 11.3 Å². The molecule has 0 saturated heterocycles. The van der Waals surface area contributed by atoms with Gasteiger partial charge in [0.25, 0.3) is 0 Å². The summed E-state index contributed by atoms with van der Waals surface area (Å²) in [5, 5.41) is 5.64. The van der Waals surface area contributed by atoms with Crippen molar-refractivity contribution in [3.8, 4) is 0 Å². The van der Waals surface area contributed by atoms with Crippen LogP contribution in [0.25, 0.3) is 10.1 Å². The Morgan fingerprint density at radius 1 is 1.32 bits per heavy atom. The maximum atomic E-state index is 6.34. The first-order valence-corrected chi connectivity index (χ1v) is 7.19. The molecule has 1 atom stereocenters. The molecule has 4 heteroatoms. The maximum absolute atomic E-state index is 6.34. The Hall–Kier alpha value is -1.65. The second-order valence-corrected chi connectivity index (χ2v) is 6.01. The number of aryl methyl sites for hydroxylation is 2. The van der Waals surface area contributed by atoms with Crippen molar-refractivity contribution in [2.24, 2.45) is 12.8 Å². The van der Waals surface area contributed by atoms with Crippen LogP contribution in [0.5, 0.6) is 0 Å². The third-order valence-electron chi connectivity index (χ3n) is 3.34. The Morgan fingerprint density at radius 3 is 2.79 bits per heavy atom. The summed E-state index contributed by atoms with van der Waals surface area (Å²) in [7, 11) is 1.97. The van der Waals surface area contributed by atoms with Crippen LogP contribution in [0.3, 0.4) is 0 Å². The van der Waals surface area contributed by atoms with E-state index in [1.165, 1.54) is 20.7 Å². The smallest absolute Gasteiger partial charge is 0.0596 e. The fourth-order valence-corrected chi connectivity index (χ4v) is 3.43. The van der Waals surface area contributed by atoms with Gasteiger partial charge in [0.2, 0.25) is 0 Å². The van der Waals surface area contributed by atoms with E-state index >= 15 is 0 Å². The van der Waals surface area contributed by atoms with Crippen molar-refractivity contribution in [2.45, 2.75) is 19.4 Å². The van der Waals surface area contributed by atoms with Crippen molar-refractivity contribution in [2.75, 3.05) is 0 Å². The normalized spacial score (nSPS) is 13.0. The molecule has 98 valence electrons. The van der Waals surface area contributed by atoms with Crippen molar-refractivity contribution in [3.05, 3.63) is 52.7 Å². The van der Waals surface area contributed by atoms with Gasteiger partial charge in [-0.25, -0.2) is 0 Å². The van der Waals surface area contributed by atoms with Gasteiger partial charge in [-0.3, -0.25) is 4.68 Å². The zero-order valence-corrected chi connectivity index (χ0v) is 11.9. The highest BCUT2D eigenvalue weighted by Crippen LogP contribution is 2.30. The number of rotatable bonds is 3. The molecular formula is C15H17N3S. The highest BCUT2D eigenvalue weighted by atomic mass is 32.1. The first kappa shape index (κ1) is 12.4. The minimum atomic E-state index is 0.0344. The van der Waals surface area contributed by atoms with Gasteiger partial charge >= 0.3 is 0 Å². The van der Waals surface area contributed by atoms with Gasteiger partial charge in [0, 0.05) is 34.8 Å². The highest BCUT2D eigenvalue weighted by molar-refractivity contribution is 7.19. The fourth-order valence-electron chi connectivity index (χ4n) is 2.37. The zero-order chi connectivity index (χ0) is 13.4. The summed E-state index contributed by atoms with van der Waals surface area (Å²) in [4.78, 5) is 1.24. The Kier molecular flexibility index (Phi) is 3.12. The van der Waals surface area contributed by atoms with E-state index in [4.69, 9.17) is 5.73 Å². The topological polar surface area (TPSA) is 43.8 Å². The summed E-state index contributed by atoms with van der Waals surface area (Å²) >= 11 is 1.78. The highest BCUT2D eigenvalue weighted by Gasteiger charge is 2.13. The van der Waals surface area contributed by atoms with Crippen molar-refractivity contribution < 1.29 is 0 Å². The molecule has 3 nitrogen and oxygen atoms in total. The van der Waals surface area contributed by atoms with Gasteiger partial charge in [0.1, 0.15) is 0 Å². The number of hydrogen-bond donors (Lipinski definition) is 1. The first-order valence-electron chi connectivity index (χ1n) is 6.37. The van der Waals surface area contributed by atoms with E-state index in [-0.39, 0.29) is 6.04 Å². The number of fused-ring (bicyclic) bond motifs is 1. The molecule has 2 heterocycles. The number of aromatic nitrogens is 2. The first-order chi connectivity index (χ1) is 9.13. The Bertz CT molecular complexity index is 678. The molecule has 0 spiro atoms. The molecule has 0 saturated carbocycles. The largest absolute Gasteiger partial charge is 0.323 e. The lowest BCUT2D eigenvalue weighted by atomic mass is 10.1. The van der Waals surface area contributed by atoms with Gasteiger partial charge in [-0.1, -0.05) is 18.2 Å². The van der Waals surface area contributed by atoms with E-state index < -0.39 is 0 Å². The molecule has 0 aliphatic carbocycles. The van der Waals surface area contributed by atoms with Crippen LogP contribution in [0.1, 0.15) is 22.3 Å². The Balaban J connectivity index is 1.87. The van der Waals surface area contributed by atoms with Gasteiger partial charge < -0.3 is 5.73 Å². The summed E-state index contributed by atoms with van der Waals surface area (Å²) in [5.74, 6) is 0. The quantitative estimate of drug-likeness (QED) is 0.795. The predicted molar refractivity (Wildman–Crippen MR) is 80.4 cm³/mol. The van der Waals surface area contributed by atoms with Gasteiger partial charge in [-0.05, 0) is 30.5 Å². The monoisotopic (exact) mass is 271 g/mol. The Labute approximate surface area is 116 Å². The molecule has 2 aromatic heterocycles. The van der Waals surface area contributed by atoms with E-state index in [9.17, 15) is 0 Å². The number of hydrogen-bond acceptors (Lipinski definition) is 3. The lowest BCUT2D eigenvalue weighted by Gasteiger charge is -2.09. The molecule has 3 aromatic rings. The molecule has 0 aliphatic rings. The molecule has 3 rings (SSSR count). The SMILES string of the molecule is Cc1cc(CC(N)c2cc3ccccc3s2)n(C)n1. The second-order valence-electron chi connectivity index (χ2n) is 4.90. The van der Waals surface area contributed by atoms with E-state index in [0.717, 1.165) is 12.1 Å². The molecule has 2 N–H and O–H groups in total. The summed E-state index contributed by atoms with van der Waals surface area (Å²) in [6.07, 6.45) is 0.824. The predicted octanol–water partition coefficient (Wildman–Crippen LogP) is 3.19. The van der Waals surface area contributed by atoms with E-state index in [2.05, 4.69) is 41.5 Å². The molecule has 19 heavy (non-hydrogen) atoms. The van der Waals surface area contributed by atoms with E-state index in [1.807, 2.05) is 18.7 Å². The van der Waals surface area contributed by atoms with Crippen molar-refractivity contribution in [3.63, 3.8) is 0 Å². The van der Waals surface area contributed by atoms with Crippen molar-refractivity contribution in [1.82, 2.24) is 9.78 Å². The third-order valence-corrected chi connectivity index (χ3v) is 4.59. The number of thiophene rings is 1. The molecule has 0 aliphatic heterocycles. The molecule has 1 aromatic carbocycles. The fraction of sp³-hybridized carbons (Fsp3) is 0.267. The van der Waals surface area contributed by atoms with Crippen LogP contribution < -0.4 is 5.73 Å². The van der Waals surface area contributed by atoms with Gasteiger partial charge in [0.05, 0.1) is 5.69 Å².